The second kappa shape index (κ2) is 6.92. The molecule has 1 aromatic carbocycles. The van der Waals surface area contributed by atoms with Crippen LogP contribution >= 0.6 is 0 Å². The van der Waals surface area contributed by atoms with E-state index in [4.69, 9.17) is 4.74 Å². The number of rotatable bonds is 5. The van der Waals surface area contributed by atoms with Gasteiger partial charge in [-0.3, -0.25) is 0 Å². The van der Waals surface area contributed by atoms with Crippen LogP contribution in [0, 0.1) is 0 Å². The number of aliphatic hydroxyl groups excluding tert-OH is 1. The summed E-state index contributed by atoms with van der Waals surface area (Å²) in [5.74, 6) is 0.770. The zero-order valence-electron chi connectivity index (χ0n) is 12.0. The highest BCUT2D eigenvalue weighted by atomic mass is 16.5. The first-order valence-corrected chi connectivity index (χ1v) is 7.23. The van der Waals surface area contributed by atoms with Crippen LogP contribution in [0.2, 0.25) is 0 Å². The van der Waals surface area contributed by atoms with Gasteiger partial charge in [0, 0.05) is 18.2 Å². The fraction of sp³-hybridized carbons (Fsp3) is 0.625. The summed E-state index contributed by atoms with van der Waals surface area (Å²) in [6.45, 7) is 0.672. The molecule has 2 rings (SSSR count). The maximum Gasteiger partial charge on any atom is 0.124 e. The molecule has 1 aliphatic carbocycles. The molecule has 1 unspecified atom stereocenters. The van der Waals surface area contributed by atoms with Crippen LogP contribution in [-0.4, -0.2) is 36.8 Å². The van der Waals surface area contributed by atoms with Gasteiger partial charge in [-0.1, -0.05) is 37.5 Å². The molecule has 1 saturated carbocycles. The highest BCUT2D eigenvalue weighted by Crippen LogP contribution is 2.27. The number of hydrogen-bond acceptors (Lipinski definition) is 3. The van der Waals surface area contributed by atoms with Crippen LogP contribution in [0.5, 0.6) is 5.75 Å². The molecule has 0 spiro atoms. The van der Waals surface area contributed by atoms with E-state index in [9.17, 15) is 5.11 Å². The Morgan fingerprint density at radius 2 is 1.95 bits per heavy atom. The lowest BCUT2D eigenvalue weighted by atomic mass is 9.94. The number of hydrogen-bond donors (Lipinski definition) is 1. The lowest BCUT2D eigenvalue weighted by molar-refractivity contribution is 0.0897. The quantitative estimate of drug-likeness (QED) is 0.886. The highest BCUT2D eigenvalue weighted by molar-refractivity contribution is 5.35. The van der Waals surface area contributed by atoms with Crippen LogP contribution in [0.1, 0.15) is 43.8 Å². The Balaban J connectivity index is 1.97. The topological polar surface area (TPSA) is 32.7 Å². The van der Waals surface area contributed by atoms with Crippen molar-refractivity contribution >= 4 is 0 Å². The van der Waals surface area contributed by atoms with Gasteiger partial charge in [0.25, 0.3) is 0 Å². The number of likely N-dealkylation sites (N-methyl/N-ethyl adjacent to an activating group) is 1. The summed E-state index contributed by atoms with van der Waals surface area (Å²) in [7, 11) is 3.77. The molecule has 0 saturated heterocycles. The summed E-state index contributed by atoms with van der Waals surface area (Å²) in [6, 6.07) is 8.34. The Morgan fingerprint density at radius 1 is 1.26 bits per heavy atom. The van der Waals surface area contributed by atoms with Gasteiger partial charge in [0.15, 0.2) is 0 Å². The van der Waals surface area contributed by atoms with Crippen molar-refractivity contribution < 1.29 is 9.84 Å². The van der Waals surface area contributed by atoms with Crippen LogP contribution in [0.3, 0.4) is 0 Å². The van der Waals surface area contributed by atoms with E-state index >= 15 is 0 Å². The van der Waals surface area contributed by atoms with E-state index in [0.29, 0.717) is 12.6 Å². The third-order valence-electron chi connectivity index (χ3n) is 4.16. The smallest absolute Gasteiger partial charge is 0.124 e. The highest BCUT2D eigenvalue weighted by Gasteiger charge is 2.21. The maximum atomic E-state index is 10.4. The second-order valence-electron chi connectivity index (χ2n) is 5.49. The minimum atomic E-state index is -0.483. The first-order valence-electron chi connectivity index (χ1n) is 7.23. The van der Waals surface area contributed by atoms with Crippen molar-refractivity contribution in [2.75, 3.05) is 20.7 Å². The molecule has 0 aromatic heterocycles. The predicted molar refractivity (Wildman–Crippen MR) is 77.5 cm³/mol. The van der Waals surface area contributed by atoms with Gasteiger partial charge >= 0.3 is 0 Å². The Labute approximate surface area is 116 Å². The molecule has 0 radical (unpaired) electrons. The largest absolute Gasteiger partial charge is 0.496 e. The second-order valence-corrected chi connectivity index (χ2v) is 5.49. The molecule has 1 N–H and O–H groups in total. The van der Waals surface area contributed by atoms with Crippen molar-refractivity contribution in [3.05, 3.63) is 29.8 Å². The van der Waals surface area contributed by atoms with Gasteiger partial charge in [-0.2, -0.15) is 0 Å². The Bertz CT molecular complexity index is 388. The van der Waals surface area contributed by atoms with E-state index in [1.165, 1.54) is 32.1 Å². The van der Waals surface area contributed by atoms with Gasteiger partial charge in [-0.05, 0) is 26.0 Å². The molecule has 1 fully saturated rings. The zero-order valence-corrected chi connectivity index (χ0v) is 12.0. The van der Waals surface area contributed by atoms with Gasteiger partial charge in [-0.15, -0.1) is 0 Å². The number of benzene rings is 1. The van der Waals surface area contributed by atoms with E-state index < -0.39 is 6.10 Å². The number of para-hydroxylation sites is 1. The molecule has 0 bridgehead atoms. The first kappa shape index (κ1) is 14.4. The van der Waals surface area contributed by atoms with E-state index in [1.54, 1.807) is 7.11 Å². The predicted octanol–water partition coefficient (Wildman–Crippen LogP) is 2.99. The van der Waals surface area contributed by atoms with E-state index in [2.05, 4.69) is 11.9 Å². The van der Waals surface area contributed by atoms with Gasteiger partial charge in [0.05, 0.1) is 13.2 Å². The number of methoxy groups -OCH3 is 1. The Kier molecular flexibility index (Phi) is 5.23. The van der Waals surface area contributed by atoms with Gasteiger partial charge < -0.3 is 14.7 Å². The minimum absolute atomic E-state index is 0.483. The van der Waals surface area contributed by atoms with Crippen LogP contribution in [0.15, 0.2) is 24.3 Å². The van der Waals surface area contributed by atoms with Gasteiger partial charge in [0.2, 0.25) is 0 Å². The van der Waals surface area contributed by atoms with Crippen molar-refractivity contribution in [3.63, 3.8) is 0 Å². The molecular weight excluding hydrogens is 238 g/mol. The third-order valence-corrected chi connectivity index (χ3v) is 4.16. The molecule has 0 heterocycles. The Hall–Kier alpha value is -1.06. The maximum absolute atomic E-state index is 10.4. The fourth-order valence-corrected chi connectivity index (χ4v) is 2.98. The monoisotopic (exact) mass is 263 g/mol. The number of aliphatic hydroxyl groups is 1. The summed E-state index contributed by atoms with van der Waals surface area (Å²) < 4.78 is 5.31. The molecule has 3 nitrogen and oxygen atoms in total. The molecule has 0 aliphatic heterocycles. The van der Waals surface area contributed by atoms with Crippen LogP contribution in [0.25, 0.3) is 0 Å². The summed E-state index contributed by atoms with van der Waals surface area (Å²) >= 11 is 0. The molecule has 1 aliphatic rings. The number of nitrogens with zero attached hydrogens (tertiary/aromatic N) is 1. The van der Waals surface area contributed by atoms with Gasteiger partial charge in [0.1, 0.15) is 5.75 Å². The van der Waals surface area contributed by atoms with Crippen molar-refractivity contribution in [2.24, 2.45) is 0 Å². The average Bonchev–Trinajstić information content (AvgIpc) is 2.48. The van der Waals surface area contributed by atoms with Gasteiger partial charge in [-0.25, -0.2) is 0 Å². The van der Waals surface area contributed by atoms with Crippen molar-refractivity contribution in [1.29, 1.82) is 0 Å². The van der Waals surface area contributed by atoms with Crippen LogP contribution < -0.4 is 4.74 Å². The standard InChI is InChI=1S/C16H25NO2/c1-17(13-8-4-3-5-9-13)12-15(18)14-10-6-7-11-16(14)19-2/h6-7,10-11,13,15,18H,3-5,8-9,12H2,1-2H3. The summed E-state index contributed by atoms with van der Waals surface area (Å²) in [5, 5.41) is 10.4. The summed E-state index contributed by atoms with van der Waals surface area (Å²) in [4.78, 5) is 2.30. The first-order chi connectivity index (χ1) is 9.22. The van der Waals surface area contributed by atoms with Crippen molar-refractivity contribution in [1.82, 2.24) is 4.90 Å². The lowest BCUT2D eigenvalue weighted by Gasteiger charge is -2.32. The van der Waals surface area contributed by atoms with E-state index in [1.807, 2.05) is 24.3 Å². The lowest BCUT2D eigenvalue weighted by Crippen LogP contribution is -2.36. The molecule has 0 amide bonds. The van der Waals surface area contributed by atoms with E-state index in [-0.39, 0.29) is 0 Å². The molecular formula is C16H25NO2. The van der Waals surface area contributed by atoms with E-state index in [0.717, 1.165) is 11.3 Å². The van der Waals surface area contributed by atoms with Crippen LogP contribution in [-0.2, 0) is 0 Å². The van der Waals surface area contributed by atoms with Crippen LogP contribution in [0.4, 0.5) is 0 Å². The molecule has 19 heavy (non-hydrogen) atoms. The summed E-state index contributed by atoms with van der Waals surface area (Å²) in [5.41, 5.74) is 0.882. The third kappa shape index (κ3) is 3.71. The minimum Gasteiger partial charge on any atom is -0.496 e. The normalized spacial score (nSPS) is 18.5. The molecule has 1 aromatic rings. The van der Waals surface area contributed by atoms with Crippen molar-refractivity contribution in [3.8, 4) is 5.75 Å². The Morgan fingerprint density at radius 3 is 2.63 bits per heavy atom. The fourth-order valence-electron chi connectivity index (χ4n) is 2.98. The zero-order chi connectivity index (χ0) is 13.7. The molecule has 106 valence electrons. The molecule has 1 atom stereocenters. The SMILES string of the molecule is COc1ccccc1C(O)CN(C)C1CCCCC1. The van der Waals surface area contributed by atoms with Crippen molar-refractivity contribution in [2.45, 2.75) is 44.2 Å². The molecule has 3 heteroatoms. The average molecular weight is 263 g/mol. The number of ether oxygens (including phenoxy) is 1. The summed E-state index contributed by atoms with van der Waals surface area (Å²) in [6.07, 6.45) is 6.03.